The number of rotatable bonds is 8. The fourth-order valence-corrected chi connectivity index (χ4v) is 3.31. The monoisotopic (exact) mass is 385 g/mol. The predicted molar refractivity (Wildman–Crippen MR) is 114 cm³/mol. The summed E-state index contributed by atoms with van der Waals surface area (Å²) >= 11 is 6.04. The van der Waals surface area contributed by atoms with Crippen molar-refractivity contribution in [2.75, 3.05) is 45.6 Å². The van der Waals surface area contributed by atoms with Gasteiger partial charge in [-0.2, -0.15) is 0 Å². The van der Waals surface area contributed by atoms with E-state index in [1.165, 1.54) is 11.1 Å². The molecule has 0 spiro atoms. The molecule has 0 radical (unpaired) electrons. The maximum Gasteiger partial charge on any atom is 0.156 e. The number of likely N-dealkylation sites (N-methyl/N-ethyl adjacent to an activating group) is 1. The number of hydrogen-bond donors (Lipinski definition) is 2. The zero-order chi connectivity index (χ0) is 19.1. The third kappa shape index (κ3) is 5.51. The van der Waals surface area contributed by atoms with Crippen LogP contribution in [-0.2, 0) is 6.42 Å². The summed E-state index contributed by atoms with van der Waals surface area (Å²) in [7, 11) is 4.17. The minimum absolute atomic E-state index is 0.734. The van der Waals surface area contributed by atoms with E-state index < -0.39 is 0 Å². The van der Waals surface area contributed by atoms with Crippen LogP contribution >= 0.6 is 11.6 Å². The molecule has 0 bridgehead atoms. The standard InChI is InChI=1S/C21H28ClN5/c1-27(2)15-14-23-12-13-24-21-19-7-5-3-4-6-18(19)20(25-26-21)16-8-10-17(22)11-9-16/h5,7-11,23H,3-4,6,12-15H2,1-2H3,(H,24,26). The van der Waals surface area contributed by atoms with Crippen LogP contribution in [0.25, 0.3) is 17.3 Å². The molecule has 2 aromatic rings. The average molecular weight is 386 g/mol. The Hall–Kier alpha value is -1.95. The van der Waals surface area contributed by atoms with Gasteiger partial charge in [0.25, 0.3) is 0 Å². The molecule has 3 rings (SSSR count). The second-order valence-electron chi connectivity index (χ2n) is 7.07. The highest BCUT2D eigenvalue weighted by atomic mass is 35.5. The number of nitrogens with one attached hydrogen (secondary N) is 2. The Morgan fingerprint density at radius 3 is 2.67 bits per heavy atom. The molecule has 0 saturated carbocycles. The number of anilines is 1. The largest absolute Gasteiger partial charge is 0.367 e. The first kappa shape index (κ1) is 19.8. The second-order valence-corrected chi connectivity index (χ2v) is 7.51. The summed E-state index contributed by atoms with van der Waals surface area (Å²) in [6, 6.07) is 7.85. The lowest BCUT2D eigenvalue weighted by molar-refractivity contribution is 0.402. The number of fused-ring (bicyclic) bond motifs is 1. The van der Waals surface area contributed by atoms with E-state index in [1.807, 2.05) is 24.3 Å². The lowest BCUT2D eigenvalue weighted by Crippen LogP contribution is -2.30. The van der Waals surface area contributed by atoms with Gasteiger partial charge < -0.3 is 15.5 Å². The van der Waals surface area contributed by atoms with Crippen LogP contribution in [0.15, 0.2) is 30.3 Å². The van der Waals surface area contributed by atoms with Gasteiger partial charge in [-0.3, -0.25) is 0 Å². The van der Waals surface area contributed by atoms with Gasteiger partial charge in [0.05, 0.1) is 5.69 Å². The van der Waals surface area contributed by atoms with E-state index in [0.29, 0.717) is 0 Å². The molecular formula is C21H28ClN5. The molecule has 1 aromatic heterocycles. The van der Waals surface area contributed by atoms with Gasteiger partial charge in [0.15, 0.2) is 5.82 Å². The van der Waals surface area contributed by atoms with Gasteiger partial charge in [-0.15, -0.1) is 10.2 Å². The first-order chi connectivity index (χ1) is 13.1. The Kier molecular flexibility index (Phi) is 7.21. The van der Waals surface area contributed by atoms with Gasteiger partial charge >= 0.3 is 0 Å². The molecule has 0 fully saturated rings. The maximum atomic E-state index is 6.04. The summed E-state index contributed by atoms with van der Waals surface area (Å²) in [6.07, 6.45) is 7.64. The maximum absolute atomic E-state index is 6.04. The zero-order valence-corrected chi connectivity index (χ0v) is 16.9. The Bertz CT molecular complexity index is 771. The third-order valence-corrected chi connectivity index (χ3v) is 4.90. The third-order valence-electron chi connectivity index (χ3n) is 4.65. The van der Waals surface area contributed by atoms with Gasteiger partial charge in [0.1, 0.15) is 0 Å². The normalized spacial score (nSPS) is 13.5. The minimum atomic E-state index is 0.734. The fraction of sp³-hybridized carbons (Fsp3) is 0.429. The SMILES string of the molecule is CN(C)CCNCCNc1nnc(-c2ccc(Cl)cc2)c2c1C=CCCC2. The molecule has 144 valence electrons. The molecule has 0 aliphatic heterocycles. The van der Waals surface area contributed by atoms with Crippen molar-refractivity contribution in [2.24, 2.45) is 0 Å². The number of aromatic nitrogens is 2. The molecule has 2 N–H and O–H groups in total. The molecule has 1 aromatic carbocycles. The molecule has 0 atom stereocenters. The minimum Gasteiger partial charge on any atom is -0.367 e. The predicted octanol–water partition coefficient (Wildman–Crippen LogP) is 3.71. The molecule has 1 aliphatic rings. The lowest BCUT2D eigenvalue weighted by Gasteiger charge is -2.15. The number of allylic oxidation sites excluding steroid dienone is 1. The first-order valence-corrected chi connectivity index (χ1v) is 9.94. The van der Waals surface area contributed by atoms with E-state index in [-0.39, 0.29) is 0 Å². The van der Waals surface area contributed by atoms with Crippen molar-refractivity contribution < 1.29 is 0 Å². The number of benzene rings is 1. The van der Waals surface area contributed by atoms with E-state index in [2.05, 4.69) is 52.0 Å². The topological polar surface area (TPSA) is 53.1 Å². The number of nitrogens with zero attached hydrogens (tertiary/aromatic N) is 3. The van der Waals surface area contributed by atoms with Crippen LogP contribution in [0.1, 0.15) is 24.0 Å². The average Bonchev–Trinajstić information content (AvgIpc) is 2.91. The van der Waals surface area contributed by atoms with Crippen molar-refractivity contribution >= 4 is 23.5 Å². The summed E-state index contributed by atoms with van der Waals surface area (Å²) in [5, 5.41) is 16.7. The Morgan fingerprint density at radius 2 is 1.89 bits per heavy atom. The highest BCUT2D eigenvalue weighted by Gasteiger charge is 2.17. The van der Waals surface area contributed by atoms with Crippen molar-refractivity contribution in [3.05, 3.63) is 46.5 Å². The first-order valence-electron chi connectivity index (χ1n) is 9.56. The van der Waals surface area contributed by atoms with Gasteiger partial charge in [-0.25, -0.2) is 0 Å². The summed E-state index contributed by atoms with van der Waals surface area (Å²) in [5.41, 5.74) is 4.46. The van der Waals surface area contributed by atoms with E-state index >= 15 is 0 Å². The molecule has 0 unspecified atom stereocenters. The van der Waals surface area contributed by atoms with Crippen LogP contribution in [0.2, 0.25) is 5.02 Å². The van der Waals surface area contributed by atoms with Gasteiger partial charge in [0.2, 0.25) is 0 Å². The Morgan fingerprint density at radius 1 is 1.07 bits per heavy atom. The molecular weight excluding hydrogens is 358 g/mol. The quantitative estimate of drug-likeness (QED) is 0.678. The van der Waals surface area contributed by atoms with Crippen LogP contribution in [0.5, 0.6) is 0 Å². The van der Waals surface area contributed by atoms with Crippen LogP contribution in [0.4, 0.5) is 5.82 Å². The van der Waals surface area contributed by atoms with Crippen LogP contribution in [0, 0.1) is 0 Å². The van der Waals surface area contributed by atoms with Gasteiger partial charge in [0, 0.05) is 42.3 Å². The summed E-state index contributed by atoms with van der Waals surface area (Å²) in [5.74, 6) is 0.871. The van der Waals surface area contributed by atoms with Crippen molar-refractivity contribution in [1.29, 1.82) is 0 Å². The van der Waals surface area contributed by atoms with Crippen LogP contribution < -0.4 is 10.6 Å². The van der Waals surface area contributed by atoms with Crippen LogP contribution in [-0.4, -0.2) is 55.4 Å². The van der Waals surface area contributed by atoms with E-state index in [0.717, 1.165) is 67.5 Å². The summed E-state index contributed by atoms with van der Waals surface area (Å²) in [6.45, 7) is 3.73. The second kappa shape index (κ2) is 9.83. The highest BCUT2D eigenvalue weighted by molar-refractivity contribution is 6.30. The number of hydrogen-bond acceptors (Lipinski definition) is 5. The molecule has 27 heavy (non-hydrogen) atoms. The van der Waals surface area contributed by atoms with Crippen molar-refractivity contribution in [1.82, 2.24) is 20.4 Å². The Labute approximate surface area is 166 Å². The van der Waals surface area contributed by atoms with Crippen molar-refractivity contribution in [2.45, 2.75) is 19.3 Å². The van der Waals surface area contributed by atoms with Gasteiger partial charge in [-0.05, 0) is 51.1 Å². The fourth-order valence-electron chi connectivity index (χ4n) is 3.18. The molecule has 5 nitrogen and oxygen atoms in total. The van der Waals surface area contributed by atoms with Gasteiger partial charge in [-0.1, -0.05) is 35.9 Å². The zero-order valence-electron chi connectivity index (χ0n) is 16.1. The van der Waals surface area contributed by atoms with E-state index in [4.69, 9.17) is 11.6 Å². The number of halogens is 1. The highest BCUT2D eigenvalue weighted by Crippen LogP contribution is 2.32. The lowest BCUT2D eigenvalue weighted by atomic mass is 9.99. The molecule has 0 saturated heterocycles. The van der Waals surface area contributed by atoms with Crippen LogP contribution in [0.3, 0.4) is 0 Å². The van der Waals surface area contributed by atoms with Crippen molar-refractivity contribution in [3.63, 3.8) is 0 Å². The van der Waals surface area contributed by atoms with E-state index in [9.17, 15) is 0 Å². The summed E-state index contributed by atoms with van der Waals surface area (Å²) in [4.78, 5) is 2.17. The molecule has 1 heterocycles. The van der Waals surface area contributed by atoms with E-state index in [1.54, 1.807) is 0 Å². The Balaban J connectivity index is 1.75. The molecule has 1 aliphatic carbocycles. The van der Waals surface area contributed by atoms with Crippen molar-refractivity contribution in [3.8, 4) is 11.3 Å². The molecule has 6 heteroatoms. The smallest absolute Gasteiger partial charge is 0.156 e. The molecule has 0 amide bonds. The summed E-state index contributed by atoms with van der Waals surface area (Å²) < 4.78 is 0.